The van der Waals surface area contributed by atoms with Gasteiger partial charge in [-0.25, -0.2) is 0 Å². The van der Waals surface area contributed by atoms with Crippen LogP contribution < -0.4 is 9.80 Å². The summed E-state index contributed by atoms with van der Waals surface area (Å²) in [6, 6.07) is 16.9. The van der Waals surface area contributed by atoms with Crippen LogP contribution in [0.15, 0.2) is 88.8 Å². The first-order valence-electron chi connectivity index (χ1n) is 12.3. The number of Topliss-reactive ketones (excluding diaryl/α,β-unsaturated/α-hetero) is 1. The molecular formula is C29H24ClN3O4. The molecular weight excluding hydrogens is 490 g/mol. The smallest absolute Gasteiger partial charge is 0.294 e. The van der Waals surface area contributed by atoms with Gasteiger partial charge >= 0.3 is 0 Å². The molecule has 0 bridgehead atoms. The average molecular weight is 514 g/mol. The van der Waals surface area contributed by atoms with Gasteiger partial charge in [0.25, 0.3) is 5.91 Å². The van der Waals surface area contributed by atoms with E-state index >= 15 is 0 Å². The maximum atomic E-state index is 13.7. The van der Waals surface area contributed by atoms with Crippen LogP contribution in [0.5, 0.6) is 0 Å². The summed E-state index contributed by atoms with van der Waals surface area (Å²) in [6.07, 6.45) is 6.75. The molecule has 4 aromatic rings. The Morgan fingerprint density at radius 1 is 0.946 bits per heavy atom. The fourth-order valence-electron chi connectivity index (χ4n) is 5.20. The number of halogens is 1. The van der Waals surface area contributed by atoms with Crippen molar-refractivity contribution in [2.75, 3.05) is 22.9 Å². The van der Waals surface area contributed by atoms with Crippen LogP contribution in [0.25, 0.3) is 11.0 Å². The van der Waals surface area contributed by atoms with Gasteiger partial charge in [-0.1, -0.05) is 11.6 Å². The molecule has 1 saturated heterocycles. The number of carbonyl (C=O) groups is 2. The Morgan fingerprint density at radius 3 is 2.38 bits per heavy atom. The summed E-state index contributed by atoms with van der Waals surface area (Å²) in [5.41, 5.74) is 2.77. The largest absolute Gasteiger partial charge is 0.503 e. The van der Waals surface area contributed by atoms with Crippen LogP contribution in [0.3, 0.4) is 0 Å². The summed E-state index contributed by atoms with van der Waals surface area (Å²) < 4.78 is 5.79. The lowest BCUT2D eigenvalue weighted by atomic mass is 9.95. The van der Waals surface area contributed by atoms with Crippen molar-refractivity contribution in [3.05, 3.63) is 101 Å². The zero-order valence-electron chi connectivity index (χ0n) is 19.9. The van der Waals surface area contributed by atoms with Crippen molar-refractivity contribution in [2.24, 2.45) is 0 Å². The van der Waals surface area contributed by atoms with Crippen LogP contribution in [-0.4, -0.2) is 34.9 Å². The Morgan fingerprint density at radius 2 is 1.65 bits per heavy atom. The topological polar surface area (TPSA) is 86.9 Å². The number of amides is 1. The molecule has 6 rings (SSSR count). The molecule has 0 radical (unpaired) electrons. The van der Waals surface area contributed by atoms with Crippen molar-refractivity contribution in [1.82, 2.24) is 4.98 Å². The van der Waals surface area contributed by atoms with Gasteiger partial charge in [0.15, 0.2) is 11.5 Å². The summed E-state index contributed by atoms with van der Waals surface area (Å²) in [4.78, 5) is 35.0. The van der Waals surface area contributed by atoms with Crippen LogP contribution in [0.2, 0.25) is 5.02 Å². The van der Waals surface area contributed by atoms with Gasteiger partial charge in [-0.3, -0.25) is 19.5 Å². The van der Waals surface area contributed by atoms with Crippen molar-refractivity contribution in [1.29, 1.82) is 0 Å². The van der Waals surface area contributed by atoms with E-state index in [1.807, 2.05) is 24.3 Å². The number of hydrogen-bond donors (Lipinski definition) is 1. The number of aliphatic hydroxyl groups is 1. The highest BCUT2D eigenvalue weighted by Gasteiger charge is 2.45. The molecule has 1 fully saturated rings. The standard InChI is InChI=1S/C29H24ClN3O4/c30-20-4-9-23-19(16-20)17-24(37-23)27(34)25-26(18-10-12-31-13-11-18)33(29(36)28(25)35)22-7-5-21(6-8-22)32-14-2-1-3-15-32/h4-13,16-17,26,35H,1-3,14-15H2. The minimum Gasteiger partial charge on any atom is -0.503 e. The van der Waals surface area contributed by atoms with Gasteiger partial charge < -0.3 is 14.4 Å². The van der Waals surface area contributed by atoms with Gasteiger partial charge in [-0.2, -0.15) is 0 Å². The molecule has 0 saturated carbocycles. The Labute approximate surface area is 218 Å². The number of fused-ring (bicyclic) bond motifs is 1. The minimum absolute atomic E-state index is 0.0213. The van der Waals surface area contributed by atoms with E-state index in [4.69, 9.17) is 16.0 Å². The first-order chi connectivity index (χ1) is 18.0. The Hall–Kier alpha value is -4.10. The minimum atomic E-state index is -0.847. The fraction of sp³-hybridized carbons (Fsp3) is 0.207. The van der Waals surface area contributed by atoms with E-state index in [0.29, 0.717) is 27.2 Å². The Kier molecular flexibility index (Phi) is 5.93. The SMILES string of the molecule is O=C(C1=C(O)C(=O)N(c2ccc(N3CCCCC3)cc2)C1c1ccncc1)c1cc2cc(Cl)ccc2o1. The van der Waals surface area contributed by atoms with Crippen LogP contribution in [0.1, 0.15) is 41.4 Å². The number of pyridine rings is 1. The number of rotatable bonds is 5. The van der Waals surface area contributed by atoms with E-state index in [1.165, 1.54) is 11.3 Å². The van der Waals surface area contributed by atoms with Gasteiger partial charge in [0.1, 0.15) is 5.58 Å². The highest BCUT2D eigenvalue weighted by atomic mass is 35.5. The highest BCUT2D eigenvalue weighted by molar-refractivity contribution is 6.31. The normalized spacial score (nSPS) is 18.2. The molecule has 1 N–H and O–H groups in total. The van der Waals surface area contributed by atoms with Crippen LogP contribution in [0.4, 0.5) is 11.4 Å². The van der Waals surface area contributed by atoms with Crippen molar-refractivity contribution in [2.45, 2.75) is 25.3 Å². The van der Waals surface area contributed by atoms with Crippen molar-refractivity contribution in [3.63, 3.8) is 0 Å². The second-order valence-electron chi connectivity index (χ2n) is 9.31. The number of furan rings is 1. The molecule has 0 spiro atoms. The monoisotopic (exact) mass is 513 g/mol. The van der Waals surface area contributed by atoms with Gasteiger partial charge in [0.05, 0.1) is 11.6 Å². The van der Waals surface area contributed by atoms with Crippen molar-refractivity contribution >= 4 is 45.6 Å². The number of aliphatic hydroxyl groups excluding tert-OH is 1. The van der Waals surface area contributed by atoms with E-state index in [1.54, 1.807) is 48.8 Å². The number of aromatic nitrogens is 1. The zero-order chi connectivity index (χ0) is 25.5. The molecule has 1 atom stereocenters. The Bertz CT molecular complexity index is 1520. The maximum absolute atomic E-state index is 13.7. The molecule has 1 unspecified atom stereocenters. The number of nitrogens with zero attached hydrogens (tertiary/aromatic N) is 3. The summed E-state index contributed by atoms with van der Waals surface area (Å²) in [6.45, 7) is 2.01. The first-order valence-corrected chi connectivity index (χ1v) is 12.6. The number of benzene rings is 2. The zero-order valence-corrected chi connectivity index (χ0v) is 20.7. The number of ketones is 1. The number of anilines is 2. The van der Waals surface area contributed by atoms with E-state index in [9.17, 15) is 14.7 Å². The van der Waals surface area contributed by atoms with E-state index in [0.717, 1.165) is 31.6 Å². The second kappa shape index (κ2) is 9.41. The molecule has 2 aromatic heterocycles. The van der Waals surface area contributed by atoms with Crippen molar-refractivity contribution < 1.29 is 19.1 Å². The molecule has 4 heterocycles. The molecule has 8 heteroatoms. The van der Waals surface area contributed by atoms with Gasteiger partial charge in [0, 0.05) is 47.3 Å². The third-order valence-electron chi connectivity index (χ3n) is 7.03. The maximum Gasteiger partial charge on any atom is 0.294 e. The van der Waals surface area contributed by atoms with E-state index in [2.05, 4.69) is 9.88 Å². The summed E-state index contributed by atoms with van der Waals surface area (Å²) in [5, 5.41) is 12.2. The third-order valence-corrected chi connectivity index (χ3v) is 7.26. The van der Waals surface area contributed by atoms with Gasteiger partial charge in [0.2, 0.25) is 5.78 Å². The number of carbonyl (C=O) groups excluding carboxylic acids is 2. The lowest BCUT2D eigenvalue weighted by molar-refractivity contribution is -0.117. The molecule has 2 aliphatic heterocycles. The van der Waals surface area contributed by atoms with Crippen molar-refractivity contribution in [3.8, 4) is 0 Å². The van der Waals surface area contributed by atoms with E-state index in [-0.39, 0.29) is 11.3 Å². The average Bonchev–Trinajstić information content (AvgIpc) is 3.47. The summed E-state index contributed by atoms with van der Waals surface area (Å²) in [5.74, 6) is -1.78. The van der Waals surface area contributed by atoms with Crippen LogP contribution in [-0.2, 0) is 4.79 Å². The quantitative estimate of drug-likeness (QED) is 0.317. The molecule has 7 nitrogen and oxygen atoms in total. The molecule has 2 aromatic carbocycles. The number of piperidine rings is 1. The number of hydrogen-bond acceptors (Lipinski definition) is 6. The summed E-state index contributed by atoms with van der Waals surface area (Å²) >= 11 is 6.09. The highest BCUT2D eigenvalue weighted by Crippen LogP contribution is 2.42. The molecule has 186 valence electrons. The van der Waals surface area contributed by atoms with Crippen LogP contribution in [0, 0.1) is 0 Å². The third kappa shape index (κ3) is 4.15. The van der Waals surface area contributed by atoms with E-state index < -0.39 is 23.5 Å². The Balaban J connectivity index is 1.40. The molecule has 1 amide bonds. The molecule has 2 aliphatic rings. The second-order valence-corrected chi connectivity index (χ2v) is 9.74. The lowest BCUT2D eigenvalue weighted by Crippen LogP contribution is -2.31. The van der Waals surface area contributed by atoms with Gasteiger partial charge in [-0.15, -0.1) is 0 Å². The summed E-state index contributed by atoms with van der Waals surface area (Å²) in [7, 11) is 0. The predicted octanol–water partition coefficient (Wildman–Crippen LogP) is 6.25. The van der Waals surface area contributed by atoms with Crippen LogP contribution >= 0.6 is 11.6 Å². The predicted molar refractivity (Wildman–Crippen MR) is 142 cm³/mol. The molecule has 37 heavy (non-hydrogen) atoms. The van der Waals surface area contributed by atoms with Gasteiger partial charge in [-0.05, 0) is 85.5 Å². The molecule has 0 aliphatic carbocycles. The fourth-order valence-corrected chi connectivity index (χ4v) is 5.38. The lowest BCUT2D eigenvalue weighted by Gasteiger charge is -2.30. The first kappa shape index (κ1) is 23.3.